The van der Waals surface area contributed by atoms with Crippen LogP contribution in [0, 0.1) is 13.8 Å². The molecule has 0 aliphatic rings. The van der Waals surface area contributed by atoms with Gasteiger partial charge in [0.15, 0.2) is 5.65 Å². The van der Waals surface area contributed by atoms with Gasteiger partial charge in [-0.2, -0.15) is 0 Å². The van der Waals surface area contributed by atoms with Crippen molar-refractivity contribution in [3.63, 3.8) is 0 Å². The third kappa shape index (κ3) is 4.24. The number of rotatable bonds is 4. The van der Waals surface area contributed by atoms with Crippen molar-refractivity contribution in [2.45, 2.75) is 40.0 Å². The van der Waals surface area contributed by atoms with Crippen molar-refractivity contribution in [2.75, 3.05) is 0 Å². The zero-order valence-corrected chi connectivity index (χ0v) is 27.6. The van der Waals surface area contributed by atoms with E-state index in [9.17, 15) is 0 Å². The summed E-state index contributed by atoms with van der Waals surface area (Å²) in [7, 11) is 0. The summed E-state index contributed by atoms with van der Waals surface area (Å²) in [4.78, 5) is 14.8. The van der Waals surface area contributed by atoms with Crippen LogP contribution < -0.4 is 4.74 Å². The number of hydrogen-bond acceptors (Lipinski definition) is 4. The van der Waals surface area contributed by atoms with Crippen LogP contribution in [-0.2, 0) is 5.41 Å². The van der Waals surface area contributed by atoms with E-state index < -0.39 is 0 Å². The van der Waals surface area contributed by atoms with Crippen LogP contribution in [0.3, 0.4) is 0 Å². The maximum atomic E-state index is 6.61. The van der Waals surface area contributed by atoms with E-state index in [1.165, 1.54) is 22.1 Å². The average molecular weight is 627 g/mol. The number of para-hydroxylation sites is 2. The van der Waals surface area contributed by atoms with Gasteiger partial charge < -0.3 is 4.74 Å². The molecule has 0 saturated heterocycles. The molecule has 0 amide bonds. The SMILES string of the molecule is Cc1cnc(-n2c3ccccc3c3ccc(Oc4ccc5nc6n(-c7ccccc7C(C)(C)C)c7cccnc7n6c5c4)cc32)cc1C. The van der Waals surface area contributed by atoms with Crippen molar-refractivity contribution < 1.29 is 4.74 Å². The highest BCUT2D eigenvalue weighted by Gasteiger charge is 2.24. The first-order chi connectivity index (χ1) is 23.3. The first-order valence-electron chi connectivity index (χ1n) is 16.3. The molecule has 7 nitrogen and oxygen atoms in total. The summed E-state index contributed by atoms with van der Waals surface area (Å²) in [6, 6.07) is 35.7. The molecule has 0 saturated carbocycles. The fourth-order valence-corrected chi connectivity index (χ4v) is 6.98. The number of aromatic nitrogens is 6. The van der Waals surface area contributed by atoms with E-state index in [-0.39, 0.29) is 5.41 Å². The van der Waals surface area contributed by atoms with Crippen LogP contribution in [0.5, 0.6) is 11.5 Å². The molecule has 5 aromatic heterocycles. The maximum absolute atomic E-state index is 6.61. The Morgan fingerprint density at radius 3 is 2.19 bits per heavy atom. The van der Waals surface area contributed by atoms with E-state index in [2.05, 4.69) is 127 Å². The number of aryl methyl sites for hydroxylation is 2. The molecule has 0 aliphatic heterocycles. The molecule has 0 aliphatic carbocycles. The third-order valence-corrected chi connectivity index (χ3v) is 9.45. The molecule has 234 valence electrons. The Balaban J connectivity index is 1.20. The van der Waals surface area contributed by atoms with Crippen LogP contribution in [0.4, 0.5) is 0 Å². The van der Waals surface area contributed by atoms with E-state index >= 15 is 0 Å². The lowest BCUT2D eigenvalue weighted by atomic mass is 9.85. The predicted octanol–water partition coefficient (Wildman–Crippen LogP) is 10.0. The molecule has 4 aromatic carbocycles. The van der Waals surface area contributed by atoms with Crippen molar-refractivity contribution in [1.29, 1.82) is 0 Å². The van der Waals surface area contributed by atoms with Gasteiger partial charge in [-0.3, -0.25) is 13.5 Å². The minimum Gasteiger partial charge on any atom is -0.457 e. The van der Waals surface area contributed by atoms with Crippen LogP contribution in [0.15, 0.2) is 116 Å². The standard InChI is InChI=1S/C41H34N6O/c1-25-21-38(43-24-26(25)2)45-33-13-8-6-11-29(33)30-18-16-27(22-36(30)45)48-28-17-19-32-37(23-28)47-39-35(15-10-20-42-39)46(40(47)44-32)34-14-9-7-12-31(34)41(3,4)5/h6-24H,1-5H3. The predicted molar refractivity (Wildman–Crippen MR) is 194 cm³/mol. The number of nitrogens with zero attached hydrogens (tertiary/aromatic N) is 6. The van der Waals surface area contributed by atoms with E-state index in [1.54, 1.807) is 0 Å². The van der Waals surface area contributed by atoms with Gasteiger partial charge in [-0.1, -0.05) is 57.2 Å². The van der Waals surface area contributed by atoms with Gasteiger partial charge in [0.1, 0.15) is 17.3 Å². The fourth-order valence-electron chi connectivity index (χ4n) is 6.98. The molecule has 0 atom stereocenters. The summed E-state index contributed by atoms with van der Waals surface area (Å²) in [6.07, 6.45) is 3.79. The van der Waals surface area contributed by atoms with Crippen LogP contribution in [-0.4, -0.2) is 28.5 Å². The minimum absolute atomic E-state index is 0.0550. The van der Waals surface area contributed by atoms with E-state index in [0.717, 1.165) is 67.4 Å². The smallest absolute Gasteiger partial charge is 0.221 e. The normalized spacial score (nSPS) is 12.3. The molecule has 0 spiro atoms. The van der Waals surface area contributed by atoms with Gasteiger partial charge in [0.25, 0.3) is 0 Å². The third-order valence-electron chi connectivity index (χ3n) is 9.45. The number of hydrogen-bond donors (Lipinski definition) is 0. The second kappa shape index (κ2) is 10.3. The van der Waals surface area contributed by atoms with Crippen LogP contribution in [0.25, 0.3) is 61.3 Å². The van der Waals surface area contributed by atoms with Gasteiger partial charge in [-0.05, 0) is 90.6 Å². The van der Waals surface area contributed by atoms with Crippen molar-refractivity contribution in [1.82, 2.24) is 28.5 Å². The molecule has 5 heterocycles. The molecule has 0 unspecified atom stereocenters. The monoisotopic (exact) mass is 626 g/mol. The quantitative estimate of drug-likeness (QED) is 0.195. The Bertz CT molecular complexity index is 2720. The van der Waals surface area contributed by atoms with Gasteiger partial charge in [0, 0.05) is 35.3 Å². The Morgan fingerprint density at radius 2 is 1.35 bits per heavy atom. The lowest BCUT2D eigenvalue weighted by molar-refractivity contribution is 0.484. The first-order valence-corrected chi connectivity index (χ1v) is 16.3. The Labute approximate surface area is 277 Å². The molecule has 9 rings (SSSR count). The summed E-state index contributed by atoms with van der Waals surface area (Å²) in [5, 5.41) is 2.33. The van der Waals surface area contributed by atoms with Gasteiger partial charge in [0.05, 0.1) is 33.3 Å². The molecule has 9 aromatic rings. The zero-order chi connectivity index (χ0) is 32.7. The highest BCUT2D eigenvalue weighted by Crippen LogP contribution is 2.37. The molecule has 48 heavy (non-hydrogen) atoms. The molecular formula is C41H34N6O. The Kier molecular flexibility index (Phi) is 6.06. The number of benzene rings is 4. The highest BCUT2D eigenvalue weighted by molar-refractivity contribution is 6.09. The van der Waals surface area contributed by atoms with Crippen LogP contribution in [0.1, 0.15) is 37.5 Å². The van der Waals surface area contributed by atoms with Crippen molar-refractivity contribution in [2.24, 2.45) is 0 Å². The maximum Gasteiger partial charge on any atom is 0.221 e. The van der Waals surface area contributed by atoms with E-state index in [1.807, 2.05) is 36.7 Å². The fraction of sp³-hybridized carbons (Fsp3) is 0.146. The number of imidazole rings is 2. The molecule has 0 N–H and O–H groups in total. The number of ether oxygens (including phenoxy) is 1. The number of pyridine rings is 2. The second-order valence-corrected chi connectivity index (χ2v) is 13.6. The van der Waals surface area contributed by atoms with Crippen molar-refractivity contribution in [3.8, 4) is 23.0 Å². The van der Waals surface area contributed by atoms with Crippen molar-refractivity contribution in [3.05, 3.63) is 132 Å². The van der Waals surface area contributed by atoms with Gasteiger partial charge in [-0.15, -0.1) is 0 Å². The van der Waals surface area contributed by atoms with Crippen LogP contribution >= 0.6 is 0 Å². The van der Waals surface area contributed by atoms with Gasteiger partial charge in [-0.25, -0.2) is 15.0 Å². The van der Waals surface area contributed by atoms with Gasteiger partial charge >= 0.3 is 0 Å². The minimum atomic E-state index is -0.0550. The molecule has 0 fully saturated rings. The molecule has 7 heteroatoms. The second-order valence-electron chi connectivity index (χ2n) is 13.6. The summed E-state index contributed by atoms with van der Waals surface area (Å²) in [5.41, 5.74) is 10.5. The largest absolute Gasteiger partial charge is 0.457 e. The summed E-state index contributed by atoms with van der Waals surface area (Å²) < 4.78 is 13.2. The van der Waals surface area contributed by atoms with E-state index in [0.29, 0.717) is 0 Å². The Morgan fingerprint density at radius 1 is 0.625 bits per heavy atom. The van der Waals surface area contributed by atoms with Gasteiger partial charge in [0.2, 0.25) is 5.78 Å². The van der Waals surface area contributed by atoms with Crippen molar-refractivity contribution >= 4 is 49.8 Å². The molecule has 0 bridgehead atoms. The lowest BCUT2D eigenvalue weighted by Crippen LogP contribution is -2.15. The zero-order valence-electron chi connectivity index (χ0n) is 27.6. The number of fused-ring (bicyclic) bond motifs is 8. The molecular weight excluding hydrogens is 592 g/mol. The van der Waals surface area contributed by atoms with E-state index in [4.69, 9.17) is 19.7 Å². The topological polar surface area (TPSA) is 62.2 Å². The Hall–Kier alpha value is -5.95. The highest BCUT2D eigenvalue weighted by atomic mass is 16.5. The summed E-state index contributed by atoms with van der Waals surface area (Å²) >= 11 is 0. The first kappa shape index (κ1) is 28.3. The lowest BCUT2D eigenvalue weighted by Gasteiger charge is -2.23. The summed E-state index contributed by atoms with van der Waals surface area (Å²) in [5.74, 6) is 3.18. The molecule has 0 radical (unpaired) electrons. The summed E-state index contributed by atoms with van der Waals surface area (Å²) in [6.45, 7) is 11.0. The average Bonchev–Trinajstić information content (AvgIpc) is 3.72. The van der Waals surface area contributed by atoms with Crippen LogP contribution in [0.2, 0.25) is 0 Å².